The third-order valence-corrected chi connectivity index (χ3v) is 7.36. The number of aromatic amines is 1. The van der Waals surface area contributed by atoms with Crippen molar-refractivity contribution >= 4 is 22.4 Å². The molecule has 1 atom stereocenters. The molecule has 1 heterocycles. The van der Waals surface area contributed by atoms with Crippen LogP contribution in [0.5, 0.6) is 5.75 Å². The summed E-state index contributed by atoms with van der Waals surface area (Å²) in [4.78, 5) is 14.7. The zero-order chi connectivity index (χ0) is 20.7. The number of rotatable bonds is 5. The van der Waals surface area contributed by atoms with E-state index in [9.17, 15) is 4.79 Å². The number of ether oxygens (including phenoxy) is 1. The van der Waals surface area contributed by atoms with Gasteiger partial charge in [0.15, 0.2) is 0 Å². The van der Waals surface area contributed by atoms with Gasteiger partial charge in [0.05, 0.1) is 11.1 Å². The minimum absolute atomic E-state index is 0.0305. The number of fused-ring (bicyclic) bond motifs is 1. The van der Waals surface area contributed by atoms with Gasteiger partial charge in [-0.1, -0.05) is 41.9 Å². The SMILES string of the molecule is NC(C1CC1)C1(c2ccccc2)CCC(Oc2cc3cc[nH]c(=O)c3cc2Cl)CC1. The van der Waals surface area contributed by atoms with Crippen LogP contribution in [0.2, 0.25) is 5.02 Å². The van der Waals surface area contributed by atoms with E-state index in [-0.39, 0.29) is 23.1 Å². The molecular formula is C25H27ClN2O2. The van der Waals surface area contributed by atoms with Gasteiger partial charge in [-0.2, -0.15) is 0 Å². The Labute approximate surface area is 181 Å². The molecule has 2 aromatic carbocycles. The van der Waals surface area contributed by atoms with E-state index < -0.39 is 0 Å². The third kappa shape index (κ3) is 3.52. The second kappa shape index (κ2) is 7.75. The van der Waals surface area contributed by atoms with E-state index in [4.69, 9.17) is 22.1 Å². The summed E-state index contributed by atoms with van der Waals surface area (Å²) in [7, 11) is 0. The molecule has 5 rings (SSSR count). The first-order valence-corrected chi connectivity index (χ1v) is 11.2. The van der Waals surface area contributed by atoms with E-state index in [2.05, 4.69) is 35.3 Å². The quantitative estimate of drug-likeness (QED) is 0.595. The van der Waals surface area contributed by atoms with Gasteiger partial charge in [0.2, 0.25) is 0 Å². The molecule has 2 saturated carbocycles. The van der Waals surface area contributed by atoms with Crippen LogP contribution in [0.4, 0.5) is 0 Å². The zero-order valence-corrected chi connectivity index (χ0v) is 17.7. The molecule has 2 fully saturated rings. The van der Waals surface area contributed by atoms with Crippen molar-refractivity contribution in [3.05, 3.63) is 75.7 Å². The number of halogens is 1. The molecule has 0 amide bonds. The highest BCUT2D eigenvalue weighted by Crippen LogP contribution is 2.49. The highest BCUT2D eigenvalue weighted by molar-refractivity contribution is 6.32. The maximum Gasteiger partial charge on any atom is 0.255 e. The summed E-state index contributed by atoms with van der Waals surface area (Å²) < 4.78 is 6.33. The van der Waals surface area contributed by atoms with Crippen molar-refractivity contribution in [2.24, 2.45) is 11.7 Å². The average Bonchev–Trinajstić information content (AvgIpc) is 3.61. The lowest BCUT2D eigenvalue weighted by Crippen LogP contribution is -2.50. The van der Waals surface area contributed by atoms with Crippen molar-refractivity contribution in [3.8, 4) is 5.75 Å². The minimum atomic E-state index is -0.139. The number of aromatic nitrogens is 1. The van der Waals surface area contributed by atoms with Crippen LogP contribution in [-0.2, 0) is 5.41 Å². The first-order chi connectivity index (χ1) is 14.6. The molecule has 0 radical (unpaired) electrons. The number of nitrogens with one attached hydrogen (secondary N) is 1. The summed E-state index contributed by atoms with van der Waals surface area (Å²) in [6.45, 7) is 0. The topological polar surface area (TPSA) is 68.1 Å². The predicted molar refractivity (Wildman–Crippen MR) is 121 cm³/mol. The van der Waals surface area contributed by atoms with Gasteiger partial charge >= 0.3 is 0 Å². The van der Waals surface area contributed by atoms with Crippen LogP contribution in [0.25, 0.3) is 10.8 Å². The van der Waals surface area contributed by atoms with Crippen molar-refractivity contribution in [1.29, 1.82) is 0 Å². The van der Waals surface area contributed by atoms with Gasteiger partial charge in [-0.15, -0.1) is 0 Å². The van der Waals surface area contributed by atoms with Crippen molar-refractivity contribution in [2.45, 2.75) is 56.1 Å². The Balaban J connectivity index is 1.37. The molecule has 2 aliphatic carbocycles. The lowest BCUT2D eigenvalue weighted by atomic mass is 9.63. The second-order valence-electron chi connectivity index (χ2n) is 8.88. The van der Waals surface area contributed by atoms with Gasteiger partial charge < -0.3 is 15.5 Å². The van der Waals surface area contributed by atoms with Crippen molar-refractivity contribution in [1.82, 2.24) is 4.98 Å². The molecular weight excluding hydrogens is 396 g/mol. The van der Waals surface area contributed by atoms with Crippen LogP contribution in [0.15, 0.2) is 59.5 Å². The largest absolute Gasteiger partial charge is 0.489 e. The summed E-state index contributed by atoms with van der Waals surface area (Å²) >= 11 is 6.45. The molecule has 30 heavy (non-hydrogen) atoms. The summed E-state index contributed by atoms with van der Waals surface area (Å²) in [5, 5.41) is 1.90. The van der Waals surface area contributed by atoms with E-state index in [0.29, 0.717) is 22.1 Å². The van der Waals surface area contributed by atoms with Crippen molar-refractivity contribution in [2.75, 3.05) is 0 Å². The molecule has 1 aromatic heterocycles. The Morgan fingerprint density at radius 3 is 2.50 bits per heavy atom. The van der Waals surface area contributed by atoms with Gasteiger partial charge in [0.1, 0.15) is 5.75 Å². The maximum absolute atomic E-state index is 12.0. The number of hydrogen-bond donors (Lipinski definition) is 2. The summed E-state index contributed by atoms with van der Waals surface area (Å²) in [5.74, 6) is 1.30. The number of nitrogens with two attached hydrogens (primary N) is 1. The Kier molecular flexibility index (Phi) is 5.08. The van der Waals surface area contributed by atoms with Gasteiger partial charge in [-0.05, 0) is 73.6 Å². The molecule has 1 unspecified atom stereocenters. The van der Waals surface area contributed by atoms with Crippen LogP contribution in [0, 0.1) is 5.92 Å². The Morgan fingerprint density at radius 1 is 1.07 bits per heavy atom. The Hall–Kier alpha value is -2.30. The van der Waals surface area contributed by atoms with E-state index in [1.807, 2.05) is 12.1 Å². The second-order valence-corrected chi connectivity index (χ2v) is 9.29. The van der Waals surface area contributed by atoms with Crippen LogP contribution in [-0.4, -0.2) is 17.1 Å². The molecule has 2 aliphatic rings. The Bertz CT molecular complexity index is 1100. The van der Waals surface area contributed by atoms with Gasteiger partial charge in [0, 0.05) is 23.0 Å². The van der Waals surface area contributed by atoms with Gasteiger partial charge in [-0.25, -0.2) is 0 Å². The number of hydrogen-bond acceptors (Lipinski definition) is 3. The maximum atomic E-state index is 12.0. The van der Waals surface area contributed by atoms with E-state index in [0.717, 1.165) is 31.1 Å². The van der Waals surface area contributed by atoms with Crippen LogP contribution in [0.1, 0.15) is 44.1 Å². The molecule has 3 aromatic rings. The van der Waals surface area contributed by atoms with E-state index in [1.165, 1.54) is 18.4 Å². The first kappa shape index (κ1) is 19.7. The average molecular weight is 423 g/mol. The normalized spacial score (nSPS) is 25.2. The monoisotopic (exact) mass is 422 g/mol. The molecule has 0 aliphatic heterocycles. The smallest absolute Gasteiger partial charge is 0.255 e. The predicted octanol–water partition coefficient (Wildman–Crippen LogP) is 5.18. The molecule has 156 valence electrons. The lowest BCUT2D eigenvalue weighted by Gasteiger charge is -2.45. The zero-order valence-electron chi connectivity index (χ0n) is 16.9. The number of pyridine rings is 1. The fourth-order valence-electron chi connectivity index (χ4n) is 5.17. The molecule has 4 nitrogen and oxygen atoms in total. The highest BCUT2D eigenvalue weighted by Gasteiger charge is 2.47. The molecule has 0 spiro atoms. The summed E-state index contributed by atoms with van der Waals surface area (Å²) in [6.07, 6.45) is 8.18. The van der Waals surface area contributed by atoms with E-state index >= 15 is 0 Å². The molecule has 3 N–H and O–H groups in total. The number of benzene rings is 2. The van der Waals surface area contributed by atoms with Crippen LogP contribution in [0.3, 0.4) is 0 Å². The molecule has 0 saturated heterocycles. The summed E-state index contributed by atoms with van der Waals surface area (Å²) in [6, 6.07) is 16.4. The Morgan fingerprint density at radius 2 is 1.80 bits per heavy atom. The van der Waals surface area contributed by atoms with Crippen molar-refractivity contribution in [3.63, 3.8) is 0 Å². The number of H-pyrrole nitrogens is 1. The van der Waals surface area contributed by atoms with Crippen LogP contribution >= 0.6 is 11.6 Å². The molecule has 5 heteroatoms. The van der Waals surface area contributed by atoms with Crippen LogP contribution < -0.4 is 16.0 Å². The minimum Gasteiger partial charge on any atom is -0.489 e. The standard InChI is InChI=1S/C25H27ClN2O2/c26-21-15-20-17(10-13-28-24(20)29)14-22(21)30-19-8-11-25(12-9-19,23(27)16-6-7-16)18-4-2-1-3-5-18/h1-5,10,13-16,19,23H,6-9,11-12,27H2,(H,28,29). The summed E-state index contributed by atoms with van der Waals surface area (Å²) in [5.41, 5.74) is 8.08. The lowest BCUT2D eigenvalue weighted by molar-refractivity contribution is 0.101. The van der Waals surface area contributed by atoms with Crippen molar-refractivity contribution < 1.29 is 4.74 Å². The van der Waals surface area contributed by atoms with Gasteiger partial charge in [0.25, 0.3) is 5.56 Å². The highest BCUT2D eigenvalue weighted by atomic mass is 35.5. The fraction of sp³-hybridized carbons (Fsp3) is 0.400. The van der Waals surface area contributed by atoms with E-state index in [1.54, 1.807) is 12.3 Å². The molecule has 0 bridgehead atoms. The first-order valence-electron chi connectivity index (χ1n) is 10.9. The van der Waals surface area contributed by atoms with Gasteiger partial charge in [-0.3, -0.25) is 4.79 Å². The third-order valence-electron chi connectivity index (χ3n) is 7.06. The fourth-order valence-corrected chi connectivity index (χ4v) is 5.38.